The molecule has 0 heterocycles. The molecule has 0 aromatic rings. The Morgan fingerprint density at radius 2 is 1.11 bits per heavy atom. The standard InChI is InChI=1S/C6H12.2HI.Mg/c1-3-5-6-4-2;;;/h5-6H,3-4H2,1-2H3;2*1H;/q;;;+2/p-2/b6-5+;;;. The average Bonchev–Trinajstić information content (AvgIpc) is 1.61. The van der Waals surface area contributed by atoms with Gasteiger partial charge in [0.05, 0.1) is 0 Å². The van der Waals surface area contributed by atoms with E-state index in [9.17, 15) is 0 Å². The zero-order valence-electron chi connectivity index (χ0n) is 6.03. The van der Waals surface area contributed by atoms with Crippen molar-refractivity contribution in [3.05, 3.63) is 12.2 Å². The Morgan fingerprint density at radius 1 is 0.889 bits per heavy atom. The van der Waals surface area contributed by atoms with Gasteiger partial charge in [0.15, 0.2) is 0 Å². The average molecular weight is 362 g/mol. The van der Waals surface area contributed by atoms with Crippen molar-refractivity contribution in [3.8, 4) is 0 Å². The molecule has 0 aliphatic heterocycles. The van der Waals surface area contributed by atoms with Gasteiger partial charge in [0.2, 0.25) is 0 Å². The van der Waals surface area contributed by atoms with E-state index in [1.165, 1.54) is 12.8 Å². The van der Waals surface area contributed by atoms with Crippen LogP contribution in [0.15, 0.2) is 12.2 Å². The van der Waals surface area contributed by atoms with E-state index in [1.807, 2.05) is 0 Å². The summed E-state index contributed by atoms with van der Waals surface area (Å²) < 4.78 is 0. The third kappa shape index (κ3) is 25.6. The summed E-state index contributed by atoms with van der Waals surface area (Å²) in [5.74, 6) is 0. The monoisotopic (exact) mass is 362 g/mol. The molecule has 52 valence electrons. The van der Waals surface area contributed by atoms with Gasteiger partial charge in [0, 0.05) is 0 Å². The van der Waals surface area contributed by atoms with Gasteiger partial charge in [-0.05, 0) is 12.8 Å². The Hall–Kier alpha value is 1.97. The number of rotatable bonds is 2. The van der Waals surface area contributed by atoms with Crippen LogP contribution in [0.1, 0.15) is 26.7 Å². The molecule has 0 bridgehead atoms. The first-order chi connectivity index (χ1) is 2.91. The van der Waals surface area contributed by atoms with E-state index < -0.39 is 0 Å². The molecule has 0 saturated carbocycles. The van der Waals surface area contributed by atoms with E-state index in [2.05, 4.69) is 26.0 Å². The molecular formula is C6H12I2Mg. The van der Waals surface area contributed by atoms with E-state index in [-0.39, 0.29) is 71.0 Å². The molecule has 0 fully saturated rings. The van der Waals surface area contributed by atoms with Gasteiger partial charge in [-0.15, -0.1) is 0 Å². The molecule has 0 nitrogen and oxygen atoms in total. The minimum absolute atomic E-state index is 0. The Labute approximate surface area is 108 Å². The Balaban J connectivity index is -0.0000000417. The van der Waals surface area contributed by atoms with Crippen LogP contribution in [0.25, 0.3) is 0 Å². The molecule has 0 aliphatic rings. The summed E-state index contributed by atoms with van der Waals surface area (Å²) in [7, 11) is 0. The van der Waals surface area contributed by atoms with Crippen molar-refractivity contribution in [3.63, 3.8) is 0 Å². The summed E-state index contributed by atoms with van der Waals surface area (Å²) in [6.07, 6.45) is 6.71. The summed E-state index contributed by atoms with van der Waals surface area (Å²) in [6, 6.07) is 0. The van der Waals surface area contributed by atoms with E-state index in [0.717, 1.165) is 0 Å². The van der Waals surface area contributed by atoms with Crippen LogP contribution in [-0.2, 0) is 0 Å². The molecule has 0 spiro atoms. The zero-order valence-corrected chi connectivity index (χ0v) is 11.8. The molecule has 9 heavy (non-hydrogen) atoms. The number of halogens is 2. The summed E-state index contributed by atoms with van der Waals surface area (Å²) in [4.78, 5) is 0. The van der Waals surface area contributed by atoms with Crippen LogP contribution >= 0.6 is 0 Å². The topological polar surface area (TPSA) is 0 Å². The first-order valence-electron chi connectivity index (χ1n) is 2.56. The zero-order chi connectivity index (χ0) is 4.83. The van der Waals surface area contributed by atoms with Gasteiger partial charge in [0.1, 0.15) is 0 Å². The van der Waals surface area contributed by atoms with Crippen molar-refractivity contribution in [2.75, 3.05) is 0 Å². The van der Waals surface area contributed by atoms with E-state index in [0.29, 0.717) is 0 Å². The van der Waals surface area contributed by atoms with E-state index >= 15 is 0 Å². The summed E-state index contributed by atoms with van der Waals surface area (Å²) >= 11 is 0. The first kappa shape index (κ1) is 22.4. The summed E-state index contributed by atoms with van der Waals surface area (Å²) in [5, 5.41) is 0. The van der Waals surface area contributed by atoms with Crippen LogP contribution in [0.3, 0.4) is 0 Å². The number of hydrogen-bond acceptors (Lipinski definition) is 0. The predicted octanol–water partition coefficient (Wildman–Crippen LogP) is -4.01. The normalized spacial score (nSPS) is 6.89. The van der Waals surface area contributed by atoms with Gasteiger partial charge >= 0.3 is 23.1 Å². The second-order valence-electron chi connectivity index (χ2n) is 1.29. The fraction of sp³-hybridized carbons (Fsp3) is 0.667. The Kier molecular flexibility index (Phi) is 56.1. The maximum absolute atomic E-state index is 2.18. The van der Waals surface area contributed by atoms with Gasteiger partial charge in [-0.3, -0.25) is 0 Å². The Bertz CT molecular complexity index is 40.3. The molecule has 0 atom stereocenters. The fourth-order valence-corrected chi connectivity index (χ4v) is 0.333. The quantitative estimate of drug-likeness (QED) is 0.267. The summed E-state index contributed by atoms with van der Waals surface area (Å²) in [6.45, 7) is 4.29. The van der Waals surface area contributed by atoms with Gasteiger partial charge < -0.3 is 48.0 Å². The minimum atomic E-state index is 0. The third-order valence-corrected chi connectivity index (χ3v) is 0.638. The first-order valence-corrected chi connectivity index (χ1v) is 2.56. The van der Waals surface area contributed by atoms with Crippen molar-refractivity contribution in [1.29, 1.82) is 0 Å². The maximum Gasteiger partial charge on any atom is 2.00 e. The number of allylic oxidation sites excluding steroid dienone is 2. The number of hydrogen-bond donors (Lipinski definition) is 0. The molecule has 0 amide bonds. The van der Waals surface area contributed by atoms with Gasteiger partial charge in [0.25, 0.3) is 0 Å². The molecule has 0 N–H and O–H groups in total. The third-order valence-electron chi connectivity index (χ3n) is 0.638. The minimum Gasteiger partial charge on any atom is -1.00 e. The molecule has 0 aromatic heterocycles. The smallest absolute Gasteiger partial charge is 1.00 e. The fourth-order valence-electron chi connectivity index (χ4n) is 0.333. The second kappa shape index (κ2) is 22.5. The van der Waals surface area contributed by atoms with Crippen LogP contribution in [0, 0.1) is 0 Å². The molecule has 0 unspecified atom stereocenters. The van der Waals surface area contributed by atoms with Crippen molar-refractivity contribution >= 4 is 23.1 Å². The van der Waals surface area contributed by atoms with Crippen molar-refractivity contribution < 1.29 is 48.0 Å². The van der Waals surface area contributed by atoms with Crippen molar-refractivity contribution in [2.45, 2.75) is 26.7 Å². The molecule has 0 aromatic carbocycles. The van der Waals surface area contributed by atoms with Gasteiger partial charge in [-0.1, -0.05) is 26.0 Å². The summed E-state index contributed by atoms with van der Waals surface area (Å²) in [5.41, 5.74) is 0. The van der Waals surface area contributed by atoms with E-state index in [4.69, 9.17) is 0 Å². The molecule has 3 heteroatoms. The maximum atomic E-state index is 2.18. The van der Waals surface area contributed by atoms with Crippen molar-refractivity contribution in [2.24, 2.45) is 0 Å². The van der Waals surface area contributed by atoms with Crippen molar-refractivity contribution in [1.82, 2.24) is 0 Å². The van der Waals surface area contributed by atoms with Crippen LogP contribution in [0.5, 0.6) is 0 Å². The van der Waals surface area contributed by atoms with E-state index in [1.54, 1.807) is 0 Å². The molecular weight excluding hydrogens is 350 g/mol. The molecule has 0 rings (SSSR count). The molecule has 0 radical (unpaired) electrons. The largest absolute Gasteiger partial charge is 2.00 e. The Morgan fingerprint density at radius 3 is 1.22 bits per heavy atom. The SMILES string of the molecule is CC/C=C/CC.[I-].[I-].[Mg+2]. The second-order valence-corrected chi connectivity index (χ2v) is 1.29. The van der Waals surface area contributed by atoms with Gasteiger partial charge in [-0.2, -0.15) is 0 Å². The van der Waals surface area contributed by atoms with Gasteiger partial charge in [-0.25, -0.2) is 0 Å². The molecule has 0 aliphatic carbocycles. The molecule has 0 saturated heterocycles. The van der Waals surface area contributed by atoms with Crippen LogP contribution < -0.4 is 48.0 Å². The van der Waals surface area contributed by atoms with Crippen LogP contribution in [0.4, 0.5) is 0 Å². The van der Waals surface area contributed by atoms with Crippen LogP contribution in [0.2, 0.25) is 0 Å². The van der Waals surface area contributed by atoms with Crippen LogP contribution in [-0.4, -0.2) is 23.1 Å². The predicted molar refractivity (Wildman–Crippen MR) is 35.5 cm³/mol.